The van der Waals surface area contributed by atoms with Crippen LogP contribution in [0.25, 0.3) is 10.9 Å². The van der Waals surface area contributed by atoms with Crippen LogP contribution >= 0.6 is 0 Å². The van der Waals surface area contributed by atoms with E-state index in [1.807, 2.05) is 54.7 Å². The minimum absolute atomic E-state index is 0.149. The molecule has 7 nitrogen and oxygen atoms in total. The summed E-state index contributed by atoms with van der Waals surface area (Å²) in [6, 6.07) is 15.4. The van der Waals surface area contributed by atoms with E-state index in [9.17, 15) is 19.5 Å². The van der Waals surface area contributed by atoms with Gasteiger partial charge >= 0.3 is 5.97 Å². The van der Waals surface area contributed by atoms with Crippen LogP contribution in [0.3, 0.4) is 0 Å². The Bertz CT molecular complexity index is 1170. The molecule has 0 bridgehead atoms. The Labute approximate surface area is 192 Å². The van der Waals surface area contributed by atoms with Gasteiger partial charge in [0.2, 0.25) is 5.91 Å². The largest absolute Gasteiger partial charge is 0.480 e. The average Bonchev–Trinajstić information content (AvgIpc) is 3.28. The second-order valence-corrected chi connectivity index (χ2v) is 9.29. The number of carbonyl (C=O) groups is 3. The maximum Gasteiger partial charge on any atom is 0.328 e. The minimum atomic E-state index is -1.26. The molecule has 0 unspecified atom stereocenters. The van der Waals surface area contributed by atoms with Crippen molar-refractivity contribution < 1.29 is 19.5 Å². The lowest BCUT2D eigenvalue weighted by molar-refractivity contribution is -0.146. The van der Waals surface area contributed by atoms with Gasteiger partial charge in [-0.3, -0.25) is 9.59 Å². The number of aromatic amines is 1. The Balaban J connectivity index is 1.34. The van der Waals surface area contributed by atoms with E-state index >= 15 is 0 Å². The Kier molecular flexibility index (Phi) is 6.22. The molecular formula is C26H29N3O4. The number of benzene rings is 2. The smallest absolute Gasteiger partial charge is 0.328 e. The molecule has 172 valence electrons. The number of hydrogen-bond acceptors (Lipinski definition) is 3. The highest BCUT2D eigenvalue weighted by atomic mass is 16.4. The summed E-state index contributed by atoms with van der Waals surface area (Å²) >= 11 is 0. The molecule has 3 aromatic rings. The SMILES string of the molecule is CC(C)(NC(=O)C1CCC(c2ccc(NC(=O)c3cccc4[nH]ccc34)cc2)CC1)C(=O)O. The number of H-pyrrole nitrogens is 1. The van der Waals surface area contributed by atoms with E-state index in [-0.39, 0.29) is 17.7 Å². The molecule has 1 aromatic heterocycles. The summed E-state index contributed by atoms with van der Waals surface area (Å²) < 4.78 is 0. The number of nitrogens with one attached hydrogen (secondary N) is 3. The van der Waals surface area contributed by atoms with Crippen LogP contribution in [0.5, 0.6) is 0 Å². The predicted octanol–water partition coefficient (Wildman–Crippen LogP) is 4.67. The molecule has 4 N–H and O–H groups in total. The zero-order chi connectivity index (χ0) is 23.6. The van der Waals surface area contributed by atoms with Crippen molar-refractivity contribution in [3.8, 4) is 0 Å². The van der Waals surface area contributed by atoms with Crippen molar-refractivity contribution in [3.05, 3.63) is 65.9 Å². The topological polar surface area (TPSA) is 111 Å². The minimum Gasteiger partial charge on any atom is -0.480 e. The number of aliphatic carboxylic acids is 1. The summed E-state index contributed by atoms with van der Waals surface area (Å²) in [5.74, 6) is -1.18. The lowest BCUT2D eigenvalue weighted by Crippen LogP contribution is -2.51. The van der Waals surface area contributed by atoms with Gasteiger partial charge in [-0.2, -0.15) is 0 Å². The third kappa shape index (κ3) is 4.92. The predicted molar refractivity (Wildman–Crippen MR) is 127 cm³/mol. The first-order valence-electron chi connectivity index (χ1n) is 11.3. The number of rotatable bonds is 6. The van der Waals surface area contributed by atoms with Gasteiger partial charge in [0.05, 0.1) is 0 Å². The summed E-state index contributed by atoms with van der Waals surface area (Å²) in [6.07, 6.45) is 5.01. The van der Waals surface area contributed by atoms with Crippen molar-refractivity contribution in [2.24, 2.45) is 5.92 Å². The van der Waals surface area contributed by atoms with Gasteiger partial charge in [0.15, 0.2) is 0 Å². The molecule has 0 saturated heterocycles. The van der Waals surface area contributed by atoms with Crippen LogP contribution < -0.4 is 10.6 Å². The molecule has 7 heteroatoms. The van der Waals surface area contributed by atoms with Crippen LogP contribution in [0.4, 0.5) is 5.69 Å². The van der Waals surface area contributed by atoms with Crippen LogP contribution in [-0.4, -0.2) is 33.4 Å². The highest BCUT2D eigenvalue weighted by Gasteiger charge is 2.33. The molecule has 1 aliphatic rings. The second-order valence-electron chi connectivity index (χ2n) is 9.29. The first-order valence-corrected chi connectivity index (χ1v) is 11.3. The third-order valence-corrected chi connectivity index (χ3v) is 6.55. The average molecular weight is 448 g/mol. The number of carboxylic acid groups (broad SMARTS) is 1. The maximum absolute atomic E-state index is 12.8. The monoisotopic (exact) mass is 447 g/mol. The fourth-order valence-corrected chi connectivity index (χ4v) is 4.47. The molecule has 1 aliphatic carbocycles. The van der Waals surface area contributed by atoms with Gasteiger partial charge in [-0.25, -0.2) is 4.79 Å². The van der Waals surface area contributed by atoms with Gasteiger partial charge in [-0.15, -0.1) is 0 Å². The van der Waals surface area contributed by atoms with Gasteiger partial charge in [0.1, 0.15) is 5.54 Å². The van der Waals surface area contributed by atoms with E-state index in [4.69, 9.17) is 0 Å². The van der Waals surface area contributed by atoms with E-state index in [0.717, 1.165) is 42.3 Å². The summed E-state index contributed by atoms with van der Waals surface area (Å²) in [5.41, 5.74) is 2.21. The number of hydrogen-bond donors (Lipinski definition) is 4. The summed E-state index contributed by atoms with van der Waals surface area (Å²) in [4.78, 5) is 39.6. The zero-order valence-electron chi connectivity index (χ0n) is 18.9. The lowest BCUT2D eigenvalue weighted by Gasteiger charge is -2.30. The van der Waals surface area contributed by atoms with E-state index < -0.39 is 11.5 Å². The second kappa shape index (κ2) is 9.10. The fourth-order valence-electron chi connectivity index (χ4n) is 4.47. The first-order chi connectivity index (χ1) is 15.7. The number of anilines is 1. The maximum atomic E-state index is 12.8. The number of amides is 2. The third-order valence-electron chi connectivity index (χ3n) is 6.55. The van der Waals surface area contributed by atoms with Crippen LogP contribution in [0.1, 0.15) is 61.4 Å². The van der Waals surface area contributed by atoms with Gasteiger partial charge in [-0.05, 0) is 81.3 Å². The standard InChI is InChI=1S/C26H29N3O4/c1-26(2,25(32)33)29-23(30)18-8-6-16(7-9-18)17-10-12-19(13-11-17)28-24(31)21-4-3-5-22-20(21)14-15-27-22/h3-5,10-16,18,27H,6-9H2,1-2H3,(H,28,31)(H,29,30)(H,32,33). The first kappa shape index (κ1) is 22.6. The quantitative estimate of drug-likeness (QED) is 0.440. The molecular weight excluding hydrogens is 418 g/mol. The Hall–Kier alpha value is -3.61. The summed E-state index contributed by atoms with van der Waals surface area (Å²) in [5, 5.41) is 15.7. The van der Waals surface area contributed by atoms with Gasteiger partial charge in [-0.1, -0.05) is 18.2 Å². The Morgan fingerprint density at radius 3 is 2.33 bits per heavy atom. The molecule has 2 aromatic carbocycles. The molecule has 1 heterocycles. The lowest BCUT2D eigenvalue weighted by atomic mass is 9.78. The van der Waals surface area contributed by atoms with Crippen molar-refractivity contribution in [2.45, 2.75) is 51.0 Å². The molecule has 1 saturated carbocycles. The van der Waals surface area contributed by atoms with E-state index in [1.165, 1.54) is 19.4 Å². The van der Waals surface area contributed by atoms with Crippen molar-refractivity contribution in [1.29, 1.82) is 0 Å². The molecule has 2 amide bonds. The van der Waals surface area contributed by atoms with Crippen molar-refractivity contribution in [3.63, 3.8) is 0 Å². The van der Waals surface area contributed by atoms with Gasteiger partial charge < -0.3 is 20.7 Å². The Morgan fingerprint density at radius 2 is 1.67 bits per heavy atom. The highest BCUT2D eigenvalue weighted by Crippen LogP contribution is 2.36. The number of carbonyl (C=O) groups excluding carboxylic acids is 2. The number of carboxylic acids is 1. The summed E-state index contributed by atoms with van der Waals surface area (Å²) in [6.45, 7) is 3.00. The van der Waals surface area contributed by atoms with E-state index in [1.54, 1.807) is 0 Å². The van der Waals surface area contributed by atoms with E-state index in [0.29, 0.717) is 11.5 Å². The Morgan fingerprint density at radius 1 is 0.970 bits per heavy atom. The van der Waals surface area contributed by atoms with Crippen LogP contribution in [-0.2, 0) is 9.59 Å². The molecule has 0 radical (unpaired) electrons. The number of fused-ring (bicyclic) bond motifs is 1. The van der Waals surface area contributed by atoms with Crippen LogP contribution in [0.15, 0.2) is 54.7 Å². The van der Waals surface area contributed by atoms with Crippen LogP contribution in [0, 0.1) is 5.92 Å². The molecule has 0 spiro atoms. The molecule has 4 rings (SSSR count). The van der Waals surface area contributed by atoms with Crippen LogP contribution in [0.2, 0.25) is 0 Å². The van der Waals surface area contributed by atoms with E-state index in [2.05, 4.69) is 15.6 Å². The number of aromatic nitrogens is 1. The van der Waals surface area contributed by atoms with Crippen molar-refractivity contribution in [2.75, 3.05) is 5.32 Å². The molecule has 0 aliphatic heterocycles. The fraction of sp³-hybridized carbons (Fsp3) is 0.346. The molecule has 33 heavy (non-hydrogen) atoms. The van der Waals surface area contributed by atoms with Crippen molar-refractivity contribution in [1.82, 2.24) is 10.3 Å². The van der Waals surface area contributed by atoms with Crippen molar-refractivity contribution >= 4 is 34.4 Å². The zero-order valence-corrected chi connectivity index (χ0v) is 18.9. The van der Waals surface area contributed by atoms with Gasteiger partial charge in [0, 0.05) is 34.3 Å². The molecule has 0 atom stereocenters. The highest BCUT2D eigenvalue weighted by molar-refractivity contribution is 6.12. The van der Waals surface area contributed by atoms with Gasteiger partial charge in [0.25, 0.3) is 5.91 Å². The summed E-state index contributed by atoms with van der Waals surface area (Å²) in [7, 11) is 0. The molecule has 1 fully saturated rings. The normalized spacial score (nSPS) is 18.6.